The van der Waals surface area contributed by atoms with Gasteiger partial charge < -0.3 is 4.74 Å². The fraction of sp³-hybridized carbons (Fsp3) is 0.250. The van der Waals surface area contributed by atoms with Crippen LogP contribution in [0.4, 0.5) is 4.39 Å². The van der Waals surface area contributed by atoms with Crippen LogP contribution in [0.5, 0.6) is 5.75 Å². The van der Waals surface area contributed by atoms with Crippen LogP contribution in [0.1, 0.15) is 17.3 Å². The van der Waals surface area contributed by atoms with Gasteiger partial charge in [-0.2, -0.15) is 5.10 Å². The quantitative estimate of drug-likeness (QED) is 0.664. The van der Waals surface area contributed by atoms with E-state index < -0.39 is 11.9 Å². The fourth-order valence-electron chi connectivity index (χ4n) is 2.02. The van der Waals surface area contributed by atoms with Crippen molar-refractivity contribution < 1.29 is 9.13 Å². The van der Waals surface area contributed by atoms with Gasteiger partial charge in [0.1, 0.15) is 11.6 Å². The summed E-state index contributed by atoms with van der Waals surface area (Å²) in [6, 6.07) is 4.07. The van der Waals surface area contributed by atoms with E-state index in [1.54, 1.807) is 30.1 Å². The molecular weight excluding hydrogens is 315 g/mol. The number of hydrogen-bond donors (Lipinski definition) is 2. The lowest BCUT2D eigenvalue weighted by Crippen LogP contribution is -2.31. The maximum atomic E-state index is 14.1. The van der Waals surface area contributed by atoms with Crippen molar-refractivity contribution in [2.24, 2.45) is 12.9 Å². The van der Waals surface area contributed by atoms with Gasteiger partial charge >= 0.3 is 0 Å². The lowest BCUT2D eigenvalue weighted by Gasteiger charge is -2.20. The zero-order chi connectivity index (χ0) is 14.0. The zero-order valence-electron chi connectivity index (χ0n) is 10.5. The predicted octanol–water partition coefficient (Wildman–Crippen LogP) is 1.88. The first-order chi connectivity index (χ1) is 9.10. The van der Waals surface area contributed by atoms with E-state index in [1.807, 2.05) is 0 Å². The monoisotopic (exact) mass is 328 g/mol. The highest BCUT2D eigenvalue weighted by atomic mass is 79.9. The number of nitrogens with one attached hydrogen (secondary N) is 1. The molecule has 0 amide bonds. The van der Waals surface area contributed by atoms with Crippen LogP contribution in [-0.2, 0) is 7.05 Å². The Morgan fingerprint density at radius 2 is 2.26 bits per heavy atom. The van der Waals surface area contributed by atoms with Gasteiger partial charge in [-0.05, 0) is 28.1 Å². The summed E-state index contributed by atoms with van der Waals surface area (Å²) in [6.07, 6.45) is 1.63. The lowest BCUT2D eigenvalue weighted by molar-refractivity contribution is 0.395. The highest BCUT2D eigenvalue weighted by molar-refractivity contribution is 9.10. The summed E-state index contributed by atoms with van der Waals surface area (Å²) in [7, 11) is 3.25. The number of benzene rings is 1. The van der Waals surface area contributed by atoms with Crippen LogP contribution in [0.2, 0.25) is 0 Å². The van der Waals surface area contributed by atoms with Gasteiger partial charge in [-0.1, -0.05) is 6.07 Å². The third-order valence-electron chi connectivity index (χ3n) is 2.90. The summed E-state index contributed by atoms with van der Waals surface area (Å²) < 4.78 is 21.7. The second-order valence-corrected chi connectivity index (χ2v) is 4.81. The molecule has 5 nitrogen and oxygen atoms in total. The van der Waals surface area contributed by atoms with Crippen molar-refractivity contribution in [3.8, 4) is 5.75 Å². The summed E-state index contributed by atoms with van der Waals surface area (Å²) >= 11 is 3.38. The second kappa shape index (κ2) is 5.68. The lowest BCUT2D eigenvalue weighted by atomic mass is 10.0. The minimum Gasteiger partial charge on any atom is -0.496 e. The van der Waals surface area contributed by atoms with Crippen LogP contribution in [0.3, 0.4) is 0 Å². The summed E-state index contributed by atoms with van der Waals surface area (Å²) in [5.41, 5.74) is 3.67. The first kappa shape index (κ1) is 14.0. The summed E-state index contributed by atoms with van der Waals surface area (Å²) in [4.78, 5) is 0. The standard InChI is InChI=1S/C12H14BrFN4O/c1-18-12(7(13)6-16-18)11(17-15)10-8(14)4-3-5-9(10)19-2/h3-6,11,17H,15H2,1-2H3. The van der Waals surface area contributed by atoms with Crippen LogP contribution in [-0.4, -0.2) is 16.9 Å². The predicted molar refractivity (Wildman–Crippen MR) is 73.0 cm³/mol. The number of hydrogen-bond acceptors (Lipinski definition) is 4. The molecule has 0 spiro atoms. The van der Waals surface area contributed by atoms with Crippen LogP contribution in [0.25, 0.3) is 0 Å². The number of methoxy groups -OCH3 is 1. The Morgan fingerprint density at radius 1 is 1.53 bits per heavy atom. The molecule has 0 aliphatic rings. The van der Waals surface area contributed by atoms with E-state index >= 15 is 0 Å². The average molecular weight is 329 g/mol. The van der Waals surface area contributed by atoms with Crippen LogP contribution in [0.15, 0.2) is 28.9 Å². The topological polar surface area (TPSA) is 65.1 Å². The van der Waals surface area contributed by atoms with Crippen LogP contribution < -0.4 is 16.0 Å². The maximum absolute atomic E-state index is 14.1. The number of ether oxygens (including phenoxy) is 1. The number of aryl methyl sites for hydroxylation is 1. The third kappa shape index (κ3) is 2.49. The van der Waals surface area contributed by atoms with Crippen molar-refractivity contribution in [2.45, 2.75) is 6.04 Å². The number of rotatable bonds is 4. The number of hydrazine groups is 1. The summed E-state index contributed by atoms with van der Waals surface area (Å²) in [5, 5.41) is 4.11. The number of nitrogens with zero attached hydrogens (tertiary/aromatic N) is 2. The molecule has 0 bridgehead atoms. The number of aromatic nitrogens is 2. The van der Waals surface area contributed by atoms with Crippen molar-refractivity contribution >= 4 is 15.9 Å². The molecule has 0 radical (unpaired) electrons. The number of nitrogens with two attached hydrogens (primary N) is 1. The average Bonchev–Trinajstić information content (AvgIpc) is 2.73. The summed E-state index contributed by atoms with van der Waals surface area (Å²) in [5.74, 6) is 5.63. The van der Waals surface area contributed by atoms with Crippen molar-refractivity contribution in [3.63, 3.8) is 0 Å². The highest BCUT2D eigenvalue weighted by Gasteiger charge is 2.25. The molecule has 1 atom stereocenters. The smallest absolute Gasteiger partial charge is 0.132 e. The van der Waals surface area contributed by atoms with E-state index in [0.29, 0.717) is 17.0 Å². The summed E-state index contributed by atoms with van der Waals surface area (Å²) in [6.45, 7) is 0. The van der Waals surface area contributed by atoms with Gasteiger partial charge in [0.05, 0.1) is 35.1 Å². The van der Waals surface area contributed by atoms with E-state index in [9.17, 15) is 4.39 Å². The minimum atomic E-state index is -0.571. The number of halogens is 2. The Hall–Kier alpha value is -1.44. The van der Waals surface area contributed by atoms with Crippen molar-refractivity contribution in [1.29, 1.82) is 0 Å². The molecule has 0 aliphatic carbocycles. The molecule has 1 aromatic heterocycles. The molecule has 1 unspecified atom stereocenters. The Bertz CT molecular complexity index is 568. The van der Waals surface area contributed by atoms with Crippen molar-refractivity contribution in [3.05, 3.63) is 45.9 Å². The normalized spacial score (nSPS) is 12.5. The van der Waals surface area contributed by atoms with Gasteiger partial charge in [-0.3, -0.25) is 10.5 Å². The zero-order valence-corrected chi connectivity index (χ0v) is 12.1. The van der Waals surface area contributed by atoms with Gasteiger partial charge in [-0.25, -0.2) is 9.82 Å². The van der Waals surface area contributed by atoms with E-state index in [2.05, 4.69) is 26.5 Å². The molecule has 1 heterocycles. The molecule has 7 heteroatoms. The molecule has 19 heavy (non-hydrogen) atoms. The van der Waals surface area contributed by atoms with Gasteiger partial charge in [-0.15, -0.1) is 0 Å². The SMILES string of the molecule is COc1cccc(F)c1C(NN)c1c(Br)cnn1C. The molecule has 1 aromatic carbocycles. The largest absolute Gasteiger partial charge is 0.496 e. The molecule has 102 valence electrons. The highest BCUT2D eigenvalue weighted by Crippen LogP contribution is 2.34. The fourth-order valence-corrected chi connectivity index (χ4v) is 2.60. The minimum absolute atomic E-state index is 0.344. The maximum Gasteiger partial charge on any atom is 0.132 e. The Morgan fingerprint density at radius 3 is 2.79 bits per heavy atom. The third-order valence-corrected chi connectivity index (χ3v) is 3.51. The molecule has 3 N–H and O–H groups in total. The van der Waals surface area contributed by atoms with Crippen LogP contribution >= 0.6 is 15.9 Å². The van der Waals surface area contributed by atoms with E-state index in [1.165, 1.54) is 13.2 Å². The Kier molecular flexibility index (Phi) is 4.18. The molecule has 0 aliphatic heterocycles. The van der Waals surface area contributed by atoms with Crippen molar-refractivity contribution in [2.75, 3.05) is 7.11 Å². The van der Waals surface area contributed by atoms with Gasteiger partial charge in [0.2, 0.25) is 0 Å². The van der Waals surface area contributed by atoms with Gasteiger partial charge in [0.25, 0.3) is 0 Å². The van der Waals surface area contributed by atoms with Gasteiger partial charge in [0, 0.05) is 7.05 Å². The molecule has 0 saturated heterocycles. The molecule has 2 rings (SSSR count). The van der Waals surface area contributed by atoms with Gasteiger partial charge in [0.15, 0.2) is 0 Å². The molecule has 0 saturated carbocycles. The van der Waals surface area contributed by atoms with E-state index in [0.717, 1.165) is 4.47 Å². The Balaban J connectivity index is 2.61. The second-order valence-electron chi connectivity index (χ2n) is 3.96. The molecular formula is C12H14BrFN4O. The molecule has 2 aromatic rings. The van der Waals surface area contributed by atoms with E-state index in [-0.39, 0.29) is 0 Å². The van der Waals surface area contributed by atoms with Crippen LogP contribution in [0, 0.1) is 5.82 Å². The Labute approximate surface area is 118 Å². The molecule has 0 fully saturated rings. The van der Waals surface area contributed by atoms with Crippen molar-refractivity contribution in [1.82, 2.24) is 15.2 Å². The first-order valence-corrected chi connectivity index (χ1v) is 6.35. The first-order valence-electron chi connectivity index (χ1n) is 5.56. The van der Waals surface area contributed by atoms with E-state index in [4.69, 9.17) is 10.6 Å².